The molecule has 0 radical (unpaired) electrons. The third-order valence-corrected chi connectivity index (χ3v) is 2.22. The Morgan fingerprint density at radius 2 is 1.93 bits per heavy atom. The van der Waals surface area contributed by atoms with E-state index >= 15 is 0 Å². The summed E-state index contributed by atoms with van der Waals surface area (Å²) in [7, 11) is 0. The third kappa shape index (κ3) is 1.46. The second-order valence-electron chi connectivity index (χ2n) is 2.87. The SMILES string of the molecule is FC(F)(F)c1cc2cccc(Cl)n2c1. The lowest BCUT2D eigenvalue weighted by Crippen LogP contribution is -2.02. The molecular formula is C9H5ClF3N. The molecule has 0 aromatic carbocycles. The van der Waals surface area contributed by atoms with Crippen LogP contribution in [0.5, 0.6) is 0 Å². The van der Waals surface area contributed by atoms with Crippen molar-refractivity contribution in [1.29, 1.82) is 0 Å². The van der Waals surface area contributed by atoms with E-state index in [0.717, 1.165) is 12.3 Å². The molecule has 0 amide bonds. The molecule has 0 saturated carbocycles. The zero-order chi connectivity index (χ0) is 10.3. The number of halogens is 4. The van der Waals surface area contributed by atoms with Crippen molar-refractivity contribution in [3.63, 3.8) is 0 Å². The molecule has 2 aromatic heterocycles. The van der Waals surface area contributed by atoms with Gasteiger partial charge in [-0.15, -0.1) is 0 Å². The molecule has 0 unspecified atom stereocenters. The number of alkyl halides is 3. The van der Waals surface area contributed by atoms with E-state index in [1.54, 1.807) is 12.1 Å². The lowest BCUT2D eigenvalue weighted by atomic mass is 10.3. The molecule has 5 heteroatoms. The van der Waals surface area contributed by atoms with Crippen LogP contribution in [-0.2, 0) is 6.18 Å². The lowest BCUT2D eigenvalue weighted by molar-refractivity contribution is -0.137. The molecule has 0 saturated heterocycles. The number of fused-ring (bicyclic) bond motifs is 1. The average molecular weight is 220 g/mol. The van der Waals surface area contributed by atoms with Crippen molar-refractivity contribution in [3.05, 3.63) is 41.2 Å². The second kappa shape index (κ2) is 2.92. The van der Waals surface area contributed by atoms with Crippen LogP contribution in [0.1, 0.15) is 5.56 Å². The zero-order valence-corrected chi connectivity index (χ0v) is 7.60. The van der Waals surface area contributed by atoms with E-state index in [9.17, 15) is 13.2 Å². The van der Waals surface area contributed by atoms with Gasteiger partial charge in [-0.05, 0) is 18.2 Å². The maximum absolute atomic E-state index is 12.3. The van der Waals surface area contributed by atoms with Crippen LogP contribution in [-0.4, -0.2) is 4.40 Å². The summed E-state index contributed by atoms with van der Waals surface area (Å²) in [6.45, 7) is 0. The van der Waals surface area contributed by atoms with Gasteiger partial charge in [0.15, 0.2) is 0 Å². The fourth-order valence-electron chi connectivity index (χ4n) is 1.25. The van der Waals surface area contributed by atoms with Gasteiger partial charge < -0.3 is 4.40 Å². The van der Waals surface area contributed by atoms with Gasteiger partial charge in [0.1, 0.15) is 5.15 Å². The van der Waals surface area contributed by atoms with E-state index in [4.69, 9.17) is 11.6 Å². The first-order valence-corrected chi connectivity index (χ1v) is 4.20. The number of pyridine rings is 1. The van der Waals surface area contributed by atoms with Crippen molar-refractivity contribution in [1.82, 2.24) is 4.40 Å². The number of rotatable bonds is 0. The van der Waals surface area contributed by atoms with Crippen LogP contribution in [0.2, 0.25) is 5.15 Å². The molecule has 0 aliphatic rings. The average Bonchev–Trinajstić information content (AvgIpc) is 2.48. The van der Waals surface area contributed by atoms with Crippen molar-refractivity contribution in [2.45, 2.75) is 6.18 Å². The molecule has 0 aliphatic heterocycles. The number of nitrogens with zero attached hydrogens (tertiary/aromatic N) is 1. The molecule has 14 heavy (non-hydrogen) atoms. The van der Waals surface area contributed by atoms with Crippen molar-refractivity contribution in [2.24, 2.45) is 0 Å². The quantitative estimate of drug-likeness (QED) is 0.596. The largest absolute Gasteiger partial charge is 0.417 e. The smallest absolute Gasteiger partial charge is 0.307 e. The summed E-state index contributed by atoms with van der Waals surface area (Å²) >= 11 is 5.72. The van der Waals surface area contributed by atoms with Crippen molar-refractivity contribution >= 4 is 17.1 Å². The molecule has 74 valence electrons. The van der Waals surface area contributed by atoms with Crippen LogP contribution in [0.15, 0.2) is 30.5 Å². The minimum atomic E-state index is -4.32. The monoisotopic (exact) mass is 219 g/mol. The Morgan fingerprint density at radius 1 is 1.21 bits per heavy atom. The maximum atomic E-state index is 12.3. The van der Waals surface area contributed by atoms with Crippen LogP contribution in [0, 0.1) is 0 Å². The van der Waals surface area contributed by atoms with Gasteiger partial charge in [-0.2, -0.15) is 13.2 Å². The van der Waals surface area contributed by atoms with E-state index in [2.05, 4.69) is 0 Å². The van der Waals surface area contributed by atoms with E-state index in [0.29, 0.717) is 5.52 Å². The molecule has 2 aromatic rings. The van der Waals surface area contributed by atoms with Crippen molar-refractivity contribution in [3.8, 4) is 0 Å². The van der Waals surface area contributed by atoms with Gasteiger partial charge >= 0.3 is 6.18 Å². The van der Waals surface area contributed by atoms with Crippen LogP contribution in [0.25, 0.3) is 5.52 Å². The first-order chi connectivity index (χ1) is 6.48. The molecular weight excluding hydrogens is 215 g/mol. The first kappa shape index (κ1) is 9.40. The molecule has 2 rings (SSSR count). The van der Waals surface area contributed by atoms with E-state index in [1.807, 2.05) is 0 Å². The summed E-state index contributed by atoms with van der Waals surface area (Å²) in [4.78, 5) is 0. The van der Waals surface area contributed by atoms with E-state index in [-0.39, 0.29) is 5.15 Å². The molecule has 1 nitrogen and oxygen atoms in total. The highest BCUT2D eigenvalue weighted by Crippen LogP contribution is 2.31. The van der Waals surface area contributed by atoms with Gasteiger partial charge in [0.05, 0.1) is 5.56 Å². The van der Waals surface area contributed by atoms with Gasteiger partial charge in [0, 0.05) is 11.7 Å². The molecule has 0 atom stereocenters. The summed E-state index contributed by atoms with van der Waals surface area (Å²) < 4.78 is 38.2. The minimum Gasteiger partial charge on any atom is -0.307 e. The lowest BCUT2D eigenvalue weighted by Gasteiger charge is -2.00. The van der Waals surface area contributed by atoms with Crippen molar-refractivity contribution in [2.75, 3.05) is 0 Å². The fraction of sp³-hybridized carbons (Fsp3) is 0.111. The Balaban J connectivity index is 2.69. The van der Waals surface area contributed by atoms with Crippen molar-refractivity contribution < 1.29 is 13.2 Å². The zero-order valence-electron chi connectivity index (χ0n) is 6.85. The molecule has 0 aliphatic carbocycles. The predicted molar refractivity (Wildman–Crippen MR) is 47.4 cm³/mol. The summed E-state index contributed by atoms with van der Waals surface area (Å²) in [5.41, 5.74) is -0.254. The Hall–Kier alpha value is -1.16. The molecule has 0 N–H and O–H groups in total. The predicted octanol–water partition coefficient (Wildman–Crippen LogP) is 3.61. The normalized spacial score (nSPS) is 12.3. The maximum Gasteiger partial charge on any atom is 0.417 e. The van der Waals surface area contributed by atoms with Crippen LogP contribution >= 0.6 is 11.6 Å². The number of hydrogen-bond acceptors (Lipinski definition) is 0. The first-order valence-electron chi connectivity index (χ1n) is 3.82. The Labute approximate surface area is 82.7 Å². The topological polar surface area (TPSA) is 4.41 Å². The molecule has 2 heterocycles. The minimum absolute atomic E-state index is 0.262. The summed E-state index contributed by atoms with van der Waals surface area (Å²) in [6, 6.07) is 5.78. The third-order valence-electron chi connectivity index (χ3n) is 1.91. The Morgan fingerprint density at radius 3 is 2.50 bits per heavy atom. The van der Waals surface area contributed by atoms with E-state index < -0.39 is 11.7 Å². The number of hydrogen-bond donors (Lipinski definition) is 0. The fourth-order valence-corrected chi connectivity index (χ4v) is 1.47. The summed E-state index contributed by atoms with van der Waals surface area (Å²) in [6.07, 6.45) is -3.34. The second-order valence-corrected chi connectivity index (χ2v) is 3.26. The summed E-state index contributed by atoms with van der Waals surface area (Å²) in [5, 5.41) is 0.262. The molecule has 0 bridgehead atoms. The Kier molecular flexibility index (Phi) is 1.96. The van der Waals surface area contributed by atoms with Gasteiger partial charge in [0.25, 0.3) is 0 Å². The Bertz CT molecular complexity index is 472. The van der Waals surface area contributed by atoms with Gasteiger partial charge in [-0.1, -0.05) is 17.7 Å². The van der Waals surface area contributed by atoms with Crippen LogP contribution in [0.3, 0.4) is 0 Å². The molecule has 0 spiro atoms. The standard InChI is InChI=1S/C9H5ClF3N/c10-8-3-1-2-7-4-6(5-14(7)8)9(11,12)13/h1-5H. The van der Waals surface area contributed by atoms with Crippen LogP contribution < -0.4 is 0 Å². The van der Waals surface area contributed by atoms with Crippen LogP contribution in [0.4, 0.5) is 13.2 Å². The molecule has 0 fully saturated rings. The van der Waals surface area contributed by atoms with Gasteiger partial charge in [0.2, 0.25) is 0 Å². The highest BCUT2D eigenvalue weighted by atomic mass is 35.5. The highest BCUT2D eigenvalue weighted by molar-refractivity contribution is 6.29. The number of aromatic nitrogens is 1. The summed E-state index contributed by atoms with van der Waals surface area (Å²) in [5.74, 6) is 0. The highest BCUT2D eigenvalue weighted by Gasteiger charge is 2.31. The van der Waals surface area contributed by atoms with Gasteiger partial charge in [-0.25, -0.2) is 0 Å². The van der Waals surface area contributed by atoms with E-state index in [1.165, 1.54) is 10.5 Å². The van der Waals surface area contributed by atoms with Gasteiger partial charge in [-0.3, -0.25) is 0 Å².